The zero-order valence-electron chi connectivity index (χ0n) is 10.3. The van der Waals surface area contributed by atoms with E-state index in [9.17, 15) is 9.59 Å². The van der Waals surface area contributed by atoms with E-state index in [4.69, 9.17) is 9.47 Å². The number of hydrogen-bond donors (Lipinski definition) is 0. The highest BCUT2D eigenvalue weighted by molar-refractivity contribution is 5.84. The minimum atomic E-state index is -0.678. The lowest BCUT2D eigenvalue weighted by Crippen LogP contribution is -2.39. The van der Waals surface area contributed by atoms with E-state index in [0.29, 0.717) is 18.9 Å². The molecule has 4 heteroatoms. The molecule has 0 spiro atoms. The Labute approximate surface area is 101 Å². The van der Waals surface area contributed by atoms with Crippen LogP contribution in [-0.2, 0) is 19.1 Å². The number of carbonyl (C=O) groups excluding carboxylic acids is 2. The van der Waals surface area contributed by atoms with Crippen molar-refractivity contribution in [2.45, 2.75) is 26.2 Å². The van der Waals surface area contributed by atoms with Crippen LogP contribution in [0.1, 0.15) is 26.2 Å². The average molecular weight is 238 g/mol. The van der Waals surface area contributed by atoms with Crippen molar-refractivity contribution in [3.8, 4) is 0 Å². The molecule has 3 unspecified atom stereocenters. The molecule has 3 atom stereocenters. The van der Waals surface area contributed by atoms with Crippen LogP contribution in [0.15, 0.2) is 12.2 Å². The first kappa shape index (κ1) is 12.1. The molecule has 0 radical (unpaired) electrons. The van der Waals surface area contributed by atoms with Crippen molar-refractivity contribution in [1.29, 1.82) is 0 Å². The highest BCUT2D eigenvalue weighted by Gasteiger charge is 2.55. The first-order chi connectivity index (χ1) is 8.12. The normalized spacial score (nSPS) is 33.8. The molecule has 1 saturated carbocycles. The van der Waals surface area contributed by atoms with Crippen LogP contribution >= 0.6 is 0 Å². The number of hydrogen-bond acceptors (Lipinski definition) is 4. The molecule has 2 aliphatic carbocycles. The Hall–Kier alpha value is -1.32. The van der Waals surface area contributed by atoms with Crippen molar-refractivity contribution in [3.05, 3.63) is 12.2 Å². The SMILES string of the molecule is CCOC(=O)C1(CC(=O)OC)CC2C=CC1C2. The van der Waals surface area contributed by atoms with Crippen LogP contribution in [0, 0.1) is 17.3 Å². The summed E-state index contributed by atoms with van der Waals surface area (Å²) in [5.74, 6) is -0.0408. The van der Waals surface area contributed by atoms with Gasteiger partial charge in [0, 0.05) is 0 Å². The van der Waals surface area contributed by atoms with Gasteiger partial charge in [-0.1, -0.05) is 12.2 Å². The second-order valence-electron chi connectivity index (χ2n) is 4.82. The lowest BCUT2D eigenvalue weighted by molar-refractivity contribution is -0.163. The monoisotopic (exact) mass is 238 g/mol. The number of allylic oxidation sites excluding steroid dienone is 2. The second-order valence-corrected chi connectivity index (χ2v) is 4.82. The molecule has 2 aliphatic rings. The smallest absolute Gasteiger partial charge is 0.313 e. The summed E-state index contributed by atoms with van der Waals surface area (Å²) < 4.78 is 9.85. The topological polar surface area (TPSA) is 52.6 Å². The molecular weight excluding hydrogens is 220 g/mol. The van der Waals surface area contributed by atoms with Gasteiger partial charge in [0.15, 0.2) is 0 Å². The highest BCUT2D eigenvalue weighted by atomic mass is 16.5. The van der Waals surface area contributed by atoms with Crippen molar-refractivity contribution >= 4 is 11.9 Å². The van der Waals surface area contributed by atoms with Gasteiger partial charge in [0.2, 0.25) is 0 Å². The quantitative estimate of drug-likeness (QED) is 0.552. The Bertz CT molecular complexity index is 360. The molecule has 2 rings (SSSR count). The minimum Gasteiger partial charge on any atom is -0.469 e. The van der Waals surface area contributed by atoms with Crippen molar-refractivity contribution in [2.75, 3.05) is 13.7 Å². The summed E-state index contributed by atoms with van der Waals surface area (Å²) in [6.07, 6.45) is 5.99. The molecule has 17 heavy (non-hydrogen) atoms. The summed E-state index contributed by atoms with van der Waals surface area (Å²) in [7, 11) is 1.35. The van der Waals surface area contributed by atoms with Gasteiger partial charge in [-0.15, -0.1) is 0 Å². The Morgan fingerprint density at radius 2 is 2.18 bits per heavy atom. The molecule has 0 aromatic rings. The van der Waals surface area contributed by atoms with E-state index in [-0.39, 0.29) is 24.3 Å². The number of ether oxygens (including phenoxy) is 2. The number of rotatable bonds is 4. The van der Waals surface area contributed by atoms with E-state index in [0.717, 1.165) is 6.42 Å². The highest BCUT2D eigenvalue weighted by Crippen LogP contribution is 2.54. The summed E-state index contributed by atoms with van der Waals surface area (Å²) in [6, 6.07) is 0. The molecule has 0 N–H and O–H groups in total. The lowest BCUT2D eigenvalue weighted by Gasteiger charge is -2.31. The molecule has 94 valence electrons. The van der Waals surface area contributed by atoms with Crippen LogP contribution < -0.4 is 0 Å². The maximum atomic E-state index is 12.1. The molecule has 0 saturated heterocycles. The fourth-order valence-corrected chi connectivity index (χ4v) is 3.07. The van der Waals surface area contributed by atoms with Gasteiger partial charge in [-0.2, -0.15) is 0 Å². The van der Waals surface area contributed by atoms with Gasteiger partial charge in [0.05, 0.1) is 25.6 Å². The molecule has 0 heterocycles. The zero-order valence-corrected chi connectivity index (χ0v) is 10.3. The van der Waals surface area contributed by atoms with Crippen LogP contribution in [0.4, 0.5) is 0 Å². The molecule has 0 aromatic carbocycles. The summed E-state index contributed by atoms with van der Waals surface area (Å²) in [5, 5.41) is 0. The van der Waals surface area contributed by atoms with E-state index in [1.54, 1.807) is 6.92 Å². The Kier molecular flexibility index (Phi) is 3.22. The van der Waals surface area contributed by atoms with Gasteiger partial charge in [0.1, 0.15) is 0 Å². The third-order valence-electron chi connectivity index (χ3n) is 3.88. The van der Waals surface area contributed by atoms with Crippen LogP contribution in [0.25, 0.3) is 0 Å². The molecule has 0 amide bonds. The maximum absolute atomic E-state index is 12.1. The first-order valence-electron chi connectivity index (χ1n) is 6.04. The van der Waals surface area contributed by atoms with Crippen LogP contribution in [0.2, 0.25) is 0 Å². The van der Waals surface area contributed by atoms with Crippen LogP contribution in [0.3, 0.4) is 0 Å². The predicted octanol–water partition coefficient (Wildman–Crippen LogP) is 1.70. The largest absolute Gasteiger partial charge is 0.469 e. The molecular formula is C13H18O4. The Morgan fingerprint density at radius 1 is 1.41 bits per heavy atom. The number of methoxy groups -OCH3 is 1. The summed E-state index contributed by atoms with van der Waals surface area (Å²) in [6.45, 7) is 2.13. The van der Waals surface area contributed by atoms with Gasteiger partial charge in [-0.05, 0) is 31.6 Å². The van der Waals surface area contributed by atoms with Crippen molar-refractivity contribution in [3.63, 3.8) is 0 Å². The van der Waals surface area contributed by atoms with Crippen LogP contribution in [0.5, 0.6) is 0 Å². The molecule has 0 aromatic heterocycles. The van der Waals surface area contributed by atoms with Gasteiger partial charge in [-0.3, -0.25) is 9.59 Å². The maximum Gasteiger partial charge on any atom is 0.313 e. The average Bonchev–Trinajstić information content (AvgIpc) is 2.89. The summed E-state index contributed by atoms with van der Waals surface area (Å²) in [5.41, 5.74) is -0.678. The van der Waals surface area contributed by atoms with E-state index < -0.39 is 5.41 Å². The minimum absolute atomic E-state index is 0.130. The van der Waals surface area contributed by atoms with Gasteiger partial charge in [-0.25, -0.2) is 0 Å². The summed E-state index contributed by atoms with van der Waals surface area (Å²) in [4.78, 5) is 23.6. The molecule has 1 fully saturated rings. The third kappa shape index (κ3) is 1.96. The number of fused-ring (bicyclic) bond motifs is 2. The Morgan fingerprint density at radius 3 is 2.65 bits per heavy atom. The predicted molar refractivity (Wildman–Crippen MR) is 61.1 cm³/mol. The van der Waals surface area contributed by atoms with E-state index in [1.807, 2.05) is 6.08 Å². The number of esters is 2. The number of carbonyl (C=O) groups is 2. The first-order valence-corrected chi connectivity index (χ1v) is 6.04. The van der Waals surface area contributed by atoms with Crippen molar-refractivity contribution < 1.29 is 19.1 Å². The van der Waals surface area contributed by atoms with Gasteiger partial charge in [0.25, 0.3) is 0 Å². The summed E-state index contributed by atoms with van der Waals surface area (Å²) >= 11 is 0. The standard InChI is InChI=1S/C13H18O4/c1-3-17-12(15)13(8-11(14)16-2)7-9-4-5-10(13)6-9/h4-5,9-10H,3,6-8H2,1-2H3. The van der Waals surface area contributed by atoms with E-state index in [1.165, 1.54) is 7.11 Å². The Balaban J connectivity index is 2.21. The van der Waals surface area contributed by atoms with Crippen LogP contribution in [-0.4, -0.2) is 25.7 Å². The van der Waals surface area contributed by atoms with Gasteiger partial charge >= 0.3 is 11.9 Å². The van der Waals surface area contributed by atoms with E-state index in [2.05, 4.69) is 6.08 Å². The molecule has 0 aliphatic heterocycles. The van der Waals surface area contributed by atoms with Crippen molar-refractivity contribution in [1.82, 2.24) is 0 Å². The second kappa shape index (κ2) is 4.51. The lowest BCUT2D eigenvalue weighted by atomic mass is 9.73. The van der Waals surface area contributed by atoms with E-state index >= 15 is 0 Å². The molecule has 4 nitrogen and oxygen atoms in total. The molecule has 2 bridgehead atoms. The van der Waals surface area contributed by atoms with Gasteiger partial charge < -0.3 is 9.47 Å². The third-order valence-corrected chi connectivity index (χ3v) is 3.88. The zero-order chi connectivity index (χ0) is 12.5. The van der Waals surface area contributed by atoms with Crippen molar-refractivity contribution in [2.24, 2.45) is 17.3 Å². The fraction of sp³-hybridized carbons (Fsp3) is 0.692. The fourth-order valence-electron chi connectivity index (χ4n) is 3.07.